The van der Waals surface area contributed by atoms with Gasteiger partial charge < -0.3 is 16.0 Å². The molecule has 0 atom stereocenters. The zero-order valence-electron chi connectivity index (χ0n) is 20.6. The van der Waals surface area contributed by atoms with E-state index in [4.69, 9.17) is 16.4 Å². The van der Waals surface area contributed by atoms with Crippen LogP contribution in [-0.4, -0.2) is 28.3 Å². The molecule has 39 heavy (non-hydrogen) atoms. The van der Waals surface area contributed by atoms with E-state index in [1.165, 1.54) is 5.56 Å². The summed E-state index contributed by atoms with van der Waals surface area (Å²) < 4.78 is 31.2. The average Bonchev–Trinajstić information content (AvgIpc) is 2.91. The van der Waals surface area contributed by atoms with E-state index in [2.05, 4.69) is 38.1 Å². The highest BCUT2D eigenvalue weighted by atomic mass is 35.5. The van der Waals surface area contributed by atoms with Crippen molar-refractivity contribution >= 4 is 52.6 Å². The number of halogens is 4. The van der Waals surface area contributed by atoms with Crippen molar-refractivity contribution < 1.29 is 22.8 Å². The molecule has 1 amide bonds. The van der Waals surface area contributed by atoms with Gasteiger partial charge in [-0.2, -0.15) is 18.2 Å². The van der Waals surface area contributed by atoms with E-state index in [0.29, 0.717) is 22.4 Å². The third-order valence-electron chi connectivity index (χ3n) is 5.67. The monoisotopic (exact) mass is 553 g/mol. The van der Waals surface area contributed by atoms with Gasteiger partial charge in [-0.1, -0.05) is 41.4 Å². The molecule has 4 aromatic rings. The molecular formula is C28H23ClF3N5O2. The van der Waals surface area contributed by atoms with E-state index in [0.717, 1.165) is 41.0 Å². The van der Waals surface area contributed by atoms with Crippen molar-refractivity contribution in [2.75, 3.05) is 16.0 Å². The minimum atomic E-state index is -4.64. The molecule has 0 saturated heterocycles. The van der Waals surface area contributed by atoms with Gasteiger partial charge in [0.05, 0.1) is 6.20 Å². The highest BCUT2D eigenvalue weighted by molar-refractivity contribution is 6.32. The SMILES string of the molecule is Cc1ccc(C(=O)Nc2ccc3cc2CCc2cccc(c2)Nc2ncc(Cl)c(n2)N3)cc1.O=CC(F)(F)F. The summed E-state index contributed by atoms with van der Waals surface area (Å²) in [6.45, 7) is 2.00. The Bertz CT molecular complexity index is 1490. The number of fused-ring (bicyclic) bond motifs is 6. The van der Waals surface area contributed by atoms with Gasteiger partial charge in [-0.05, 0) is 73.4 Å². The van der Waals surface area contributed by atoms with Crippen LogP contribution in [0.5, 0.6) is 0 Å². The molecule has 2 heterocycles. The van der Waals surface area contributed by atoms with Crippen LogP contribution < -0.4 is 16.0 Å². The molecule has 0 spiro atoms. The first-order valence-electron chi connectivity index (χ1n) is 11.8. The van der Waals surface area contributed by atoms with Crippen LogP contribution in [0.25, 0.3) is 0 Å². The normalized spacial score (nSPS) is 12.1. The van der Waals surface area contributed by atoms with Crippen molar-refractivity contribution in [1.82, 2.24) is 9.97 Å². The predicted molar refractivity (Wildman–Crippen MR) is 145 cm³/mol. The van der Waals surface area contributed by atoms with Crippen LogP contribution in [0, 0.1) is 6.92 Å². The number of anilines is 5. The first-order valence-corrected chi connectivity index (χ1v) is 12.2. The Morgan fingerprint density at radius 1 is 1.00 bits per heavy atom. The van der Waals surface area contributed by atoms with Gasteiger partial charge in [0.1, 0.15) is 5.02 Å². The molecule has 5 rings (SSSR count). The fourth-order valence-corrected chi connectivity index (χ4v) is 3.90. The van der Waals surface area contributed by atoms with Gasteiger partial charge in [-0.15, -0.1) is 0 Å². The van der Waals surface area contributed by atoms with E-state index < -0.39 is 12.5 Å². The van der Waals surface area contributed by atoms with Crippen molar-refractivity contribution in [2.45, 2.75) is 25.9 Å². The lowest BCUT2D eigenvalue weighted by Gasteiger charge is -2.15. The maximum atomic E-state index is 12.9. The predicted octanol–water partition coefficient (Wildman–Crippen LogP) is 7.02. The standard InChI is InChI=1S/C26H22ClN5O.C2HF3O/c1-16-5-8-18(9-6-16)25(33)31-23-12-11-21-14-19(23)10-7-17-3-2-4-20(13-17)30-26-28-15-22(27)24(29-21)32-26;3-2(4,5)1-6/h2-6,8-9,11-15H,7,10H2,1H3,(H,31,33)(H2,28,29,30,32);1H. The quantitative estimate of drug-likeness (QED) is 0.231. The van der Waals surface area contributed by atoms with E-state index >= 15 is 0 Å². The Morgan fingerprint density at radius 2 is 1.72 bits per heavy atom. The van der Waals surface area contributed by atoms with Crippen LogP contribution in [0.4, 0.5) is 42.0 Å². The van der Waals surface area contributed by atoms with Crippen LogP contribution in [0.3, 0.4) is 0 Å². The smallest absolute Gasteiger partial charge is 0.339 e. The summed E-state index contributed by atoms with van der Waals surface area (Å²) in [6.07, 6.45) is -2.57. The average molecular weight is 554 g/mol. The van der Waals surface area contributed by atoms with E-state index in [9.17, 15) is 18.0 Å². The zero-order valence-corrected chi connectivity index (χ0v) is 21.4. The number of nitrogens with zero attached hydrogens (tertiary/aromatic N) is 2. The molecule has 0 saturated carbocycles. The van der Waals surface area contributed by atoms with E-state index in [1.807, 2.05) is 61.5 Å². The van der Waals surface area contributed by atoms with E-state index in [-0.39, 0.29) is 5.91 Å². The Kier molecular flexibility index (Phi) is 8.46. The minimum Gasteiger partial charge on any atom is -0.339 e. The molecule has 1 aliphatic heterocycles. The Morgan fingerprint density at radius 3 is 2.44 bits per heavy atom. The second-order valence-electron chi connectivity index (χ2n) is 8.69. The number of aryl methyl sites for hydroxylation is 3. The molecule has 0 fully saturated rings. The van der Waals surface area contributed by atoms with Crippen molar-refractivity contribution in [3.8, 4) is 0 Å². The molecule has 0 radical (unpaired) electrons. The number of benzene rings is 3. The summed E-state index contributed by atoms with van der Waals surface area (Å²) in [5.74, 6) is 0.831. The lowest BCUT2D eigenvalue weighted by Crippen LogP contribution is -2.13. The van der Waals surface area contributed by atoms with Crippen LogP contribution in [0.2, 0.25) is 5.02 Å². The van der Waals surface area contributed by atoms with Crippen LogP contribution in [0.15, 0.2) is 72.9 Å². The molecule has 6 bridgehead atoms. The van der Waals surface area contributed by atoms with Crippen molar-refractivity contribution in [3.63, 3.8) is 0 Å². The Balaban J connectivity index is 0.000000531. The third-order valence-corrected chi connectivity index (χ3v) is 5.95. The number of alkyl halides is 3. The zero-order chi connectivity index (χ0) is 28.0. The summed E-state index contributed by atoms with van der Waals surface area (Å²) in [7, 11) is 0. The first kappa shape index (κ1) is 27.6. The number of aldehydes is 1. The topological polar surface area (TPSA) is 96.0 Å². The highest BCUT2D eigenvalue weighted by Crippen LogP contribution is 2.29. The number of aromatic nitrogens is 2. The largest absolute Gasteiger partial charge is 0.446 e. The third kappa shape index (κ3) is 7.78. The molecule has 7 nitrogen and oxygen atoms in total. The van der Waals surface area contributed by atoms with Gasteiger partial charge >= 0.3 is 6.18 Å². The molecule has 11 heteroatoms. The van der Waals surface area contributed by atoms with Gasteiger partial charge in [0.25, 0.3) is 5.91 Å². The van der Waals surface area contributed by atoms with Crippen LogP contribution >= 0.6 is 11.6 Å². The van der Waals surface area contributed by atoms with Gasteiger partial charge in [-0.25, -0.2) is 4.98 Å². The fourth-order valence-electron chi connectivity index (χ4n) is 3.76. The second-order valence-corrected chi connectivity index (χ2v) is 9.10. The summed E-state index contributed by atoms with van der Waals surface area (Å²) in [4.78, 5) is 30.4. The van der Waals surface area contributed by atoms with Gasteiger partial charge in [0, 0.05) is 22.6 Å². The number of carbonyl (C=O) groups is 2. The van der Waals surface area contributed by atoms with Crippen molar-refractivity contribution in [2.24, 2.45) is 0 Å². The maximum Gasteiger partial charge on any atom is 0.446 e. The maximum absolute atomic E-state index is 12.9. The van der Waals surface area contributed by atoms with Gasteiger partial charge in [0.2, 0.25) is 12.2 Å². The number of nitrogens with one attached hydrogen (secondary N) is 3. The summed E-state index contributed by atoms with van der Waals surface area (Å²) >= 11 is 6.34. The lowest BCUT2D eigenvalue weighted by molar-refractivity contribution is -0.156. The number of amides is 1. The van der Waals surface area contributed by atoms with Gasteiger partial charge in [0.15, 0.2) is 5.82 Å². The molecule has 3 aromatic carbocycles. The molecular weight excluding hydrogens is 531 g/mol. The van der Waals surface area contributed by atoms with E-state index in [1.54, 1.807) is 6.20 Å². The van der Waals surface area contributed by atoms with Gasteiger partial charge in [-0.3, -0.25) is 9.59 Å². The van der Waals surface area contributed by atoms with Crippen LogP contribution in [0.1, 0.15) is 27.0 Å². The molecule has 1 aromatic heterocycles. The fraction of sp³-hybridized carbons (Fsp3) is 0.143. The van der Waals surface area contributed by atoms with Crippen molar-refractivity contribution in [3.05, 3.63) is 100 Å². The van der Waals surface area contributed by atoms with Crippen LogP contribution in [-0.2, 0) is 17.6 Å². The summed E-state index contributed by atoms with van der Waals surface area (Å²) in [5, 5.41) is 10.0. The minimum absolute atomic E-state index is 0.135. The number of carbonyl (C=O) groups excluding carboxylic acids is 2. The molecule has 200 valence electrons. The molecule has 3 N–H and O–H groups in total. The number of rotatable bonds is 2. The summed E-state index contributed by atoms with van der Waals surface area (Å²) in [5.41, 5.74) is 6.44. The summed E-state index contributed by atoms with van der Waals surface area (Å²) in [6, 6.07) is 21.5. The molecule has 0 unspecified atom stereocenters. The number of hydrogen-bond donors (Lipinski definition) is 3. The Labute approximate surface area is 227 Å². The number of hydrogen-bond acceptors (Lipinski definition) is 6. The van der Waals surface area contributed by atoms with Crippen molar-refractivity contribution in [1.29, 1.82) is 0 Å². The lowest BCUT2D eigenvalue weighted by atomic mass is 10.0. The first-order chi connectivity index (χ1) is 18.6. The Hall–Kier alpha value is -4.44. The molecule has 0 aliphatic carbocycles. The second kappa shape index (κ2) is 12.0. The highest BCUT2D eigenvalue weighted by Gasteiger charge is 2.25. The molecule has 1 aliphatic rings.